The highest BCUT2D eigenvalue weighted by molar-refractivity contribution is 5.71. The van der Waals surface area contributed by atoms with Gasteiger partial charge in [-0.25, -0.2) is 0 Å². The molecular formula is C51H96O6. The molecule has 6 nitrogen and oxygen atoms in total. The van der Waals surface area contributed by atoms with Crippen LogP contribution in [0.4, 0.5) is 0 Å². The van der Waals surface area contributed by atoms with E-state index in [1.54, 1.807) is 0 Å². The fraction of sp³-hybridized carbons (Fsp3) is 0.902. The minimum Gasteiger partial charge on any atom is -0.462 e. The first-order valence-corrected chi connectivity index (χ1v) is 25.2. The van der Waals surface area contributed by atoms with Crippen LogP contribution in [-0.2, 0) is 28.6 Å². The first-order chi connectivity index (χ1) is 28.0. The first-order valence-electron chi connectivity index (χ1n) is 25.2. The molecule has 0 N–H and O–H groups in total. The number of carbonyl (C=O) groups is 3. The molecule has 0 aliphatic rings. The molecule has 336 valence electrons. The van der Waals surface area contributed by atoms with Crippen LogP contribution in [0, 0.1) is 0 Å². The summed E-state index contributed by atoms with van der Waals surface area (Å²) in [6, 6.07) is 0. The fourth-order valence-electron chi connectivity index (χ4n) is 7.44. The molecule has 0 saturated carbocycles. The van der Waals surface area contributed by atoms with Crippen molar-refractivity contribution in [1.82, 2.24) is 0 Å². The van der Waals surface area contributed by atoms with E-state index in [1.165, 1.54) is 180 Å². The van der Waals surface area contributed by atoms with Gasteiger partial charge in [-0.15, -0.1) is 0 Å². The summed E-state index contributed by atoms with van der Waals surface area (Å²) < 4.78 is 16.7. The summed E-state index contributed by atoms with van der Waals surface area (Å²) in [5, 5.41) is 0. The fourth-order valence-corrected chi connectivity index (χ4v) is 7.44. The Balaban J connectivity index is 4.06. The predicted molar refractivity (Wildman–Crippen MR) is 243 cm³/mol. The van der Waals surface area contributed by atoms with Crippen molar-refractivity contribution in [3.63, 3.8) is 0 Å². The largest absolute Gasteiger partial charge is 0.462 e. The van der Waals surface area contributed by atoms with E-state index in [1.807, 2.05) is 0 Å². The zero-order chi connectivity index (χ0) is 41.5. The zero-order valence-corrected chi connectivity index (χ0v) is 38.4. The Labute approximate surface area is 354 Å². The van der Waals surface area contributed by atoms with E-state index in [9.17, 15) is 14.4 Å². The number of allylic oxidation sites excluding steroid dienone is 2. The van der Waals surface area contributed by atoms with E-state index < -0.39 is 6.10 Å². The van der Waals surface area contributed by atoms with Gasteiger partial charge in [-0.3, -0.25) is 14.4 Å². The van der Waals surface area contributed by atoms with Gasteiger partial charge in [0.15, 0.2) is 6.10 Å². The van der Waals surface area contributed by atoms with Gasteiger partial charge < -0.3 is 14.2 Å². The maximum absolute atomic E-state index is 12.6. The van der Waals surface area contributed by atoms with Crippen LogP contribution < -0.4 is 0 Å². The molecule has 0 aliphatic heterocycles. The van der Waals surface area contributed by atoms with Gasteiger partial charge in [-0.1, -0.05) is 226 Å². The average Bonchev–Trinajstić information content (AvgIpc) is 3.21. The molecule has 0 aromatic carbocycles. The predicted octanol–water partition coefficient (Wildman–Crippen LogP) is 16.2. The van der Waals surface area contributed by atoms with Gasteiger partial charge in [0, 0.05) is 19.3 Å². The molecule has 0 aromatic heterocycles. The van der Waals surface area contributed by atoms with Crippen molar-refractivity contribution < 1.29 is 28.6 Å². The maximum atomic E-state index is 12.6. The second-order valence-corrected chi connectivity index (χ2v) is 17.1. The van der Waals surface area contributed by atoms with Crippen molar-refractivity contribution in [2.24, 2.45) is 0 Å². The van der Waals surface area contributed by atoms with Crippen LogP contribution >= 0.6 is 0 Å². The van der Waals surface area contributed by atoms with Crippen molar-refractivity contribution in [3.05, 3.63) is 12.2 Å². The van der Waals surface area contributed by atoms with Crippen LogP contribution in [0.1, 0.15) is 278 Å². The SMILES string of the molecule is CCCCCCCCCC/C=C\CCCCCCCCCCCCCC(=O)OCC(COC(=O)CCCCCCCCC)OC(=O)CCCCCCCCCCC. The molecule has 0 heterocycles. The van der Waals surface area contributed by atoms with Crippen LogP contribution in [0.3, 0.4) is 0 Å². The van der Waals surface area contributed by atoms with E-state index in [4.69, 9.17) is 14.2 Å². The van der Waals surface area contributed by atoms with Crippen LogP contribution in [0.25, 0.3) is 0 Å². The Hall–Kier alpha value is -1.85. The number of ether oxygens (including phenoxy) is 3. The van der Waals surface area contributed by atoms with E-state index in [2.05, 4.69) is 32.9 Å². The lowest BCUT2D eigenvalue weighted by molar-refractivity contribution is -0.167. The summed E-state index contributed by atoms with van der Waals surface area (Å²) in [6.07, 6.45) is 50.8. The normalized spacial score (nSPS) is 12.0. The molecule has 0 rings (SSSR count). The molecule has 1 unspecified atom stereocenters. The Morgan fingerprint density at radius 1 is 0.333 bits per heavy atom. The van der Waals surface area contributed by atoms with E-state index >= 15 is 0 Å². The van der Waals surface area contributed by atoms with Gasteiger partial charge in [0.25, 0.3) is 0 Å². The molecule has 0 saturated heterocycles. The van der Waals surface area contributed by atoms with Crippen molar-refractivity contribution in [2.45, 2.75) is 284 Å². The third kappa shape index (κ3) is 45.1. The quantitative estimate of drug-likeness (QED) is 0.0264. The highest BCUT2D eigenvalue weighted by Gasteiger charge is 2.19. The number of hydrogen-bond donors (Lipinski definition) is 0. The van der Waals surface area contributed by atoms with Gasteiger partial charge in [0.1, 0.15) is 13.2 Å². The first kappa shape index (κ1) is 55.2. The van der Waals surface area contributed by atoms with Gasteiger partial charge >= 0.3 is 17.9 Å². The number of esters is 3. The summed E-state index contributed by atoms with van der Waals surface area (Å²) in [5.74, 6) is -0.865. The second-order valence-electron chi connectivity index (χ2n) is 17.1. The Morgan fingerprint density at radius 2 is 0.579 bits per heavy atom. The Morgan fingerprint density at radius 3 is 0.877 bits per heavy atom. The molecule has 0 aliphatic carbocycles. The van der Waals surface area contributed by atoms with E-state index in [0.29, 0.717) is 19.3 Å². The Bertz CT molecular complexity index is 885. The van der Waals surface area contributed by atoms with Crippen LogP contribution in [0.15, 0.2) is 12.2 Å². The summed E-state index contributed by atoms with van der Waals surface area (Å²) >= 11 is 0. The lowest BCUT2D eigenvalue weighted by Gasteiger charge is -2.18. The molecule has 0 fully saturated rings. The van der Waals surface area contributed by atoms with Gasteiger partial charge in [-0.05, 0) is 44.9 Å². The standard InChI is InChI=1S/C51H96O6/c1-4-7-10-13-16-18-19-20-21-22-23-24-25-26-27-28-29-30-31-33-35-38-41-44-50(53)56-47-48(46-55-49(52)43-40-37-34-15-12-9-6-3)57-51(54)45-42-39-36-32-17-14-11-8-5-2/h22-23,48H,4-21,24-47H2,1-3H3/b23-22-. The number of carbonyl (C=O) groups excluding carboxylic acids is 3. The zero-order valence-electron chi connectivity index (χ0n) is 38.4. The molecule has 0 radical (unpaired) electrons. The summed E-state index contributed by atoms with van der Waals surface area (Å²) in [6.45, 7) is 6.60. The summed E-state index contributed by atoms with van der Waals surface area (Å²) in [5.41, 5.74) is 0. The van der Waals surface area contributed by atoms with Crippen molar-refractivity contribution in [3.8, 4) is 0 Å². The topological polar surface area (TPSA) is 78.9 Å². The van der Waals surface area contributed by atoms with E-state index in [0.717, 1.165) is 57.8 Å². The lowest BCUT2D eigenvalue weighted by atomic mass is 10.0. The Kier molecular flexibility index (Phi) is 45.3. The number of rotatable bonds is 46. The third-order valence-corrected chi connectivity index (χ3v) is 11.3. The minimum absolute atomic E-state index is 0.0664. The van der Waals surface area contributed by atoms with Crippen molar-refractivity contribution in [2.75, 3.05) is 13.2 Å². The van der Waals surface area contributed by atoms with Crippen molar-refractivity contribution in [1.29, 1.82) is 0 Å². The monoisotopic (exact) mass is 805 g/mol. The lowest BCUT2D eigenvalue weighted by Crippen LogP contribution is -2.30. The molecule has 0 amide bonds. The van der Waals surface area contributed by atoms with Gasteiger partial charge in [0.05, 0.1) is 0 Å². The number of hydrogen-bond acceptors (Lipinski definition) is 6. The maximum Gasteiger partial charge on any atom is 0.306 e. The molecule has 6 heteroatoms. The smallest absolute Gasteiger partial charge is 0.306 e. The minimum atomic E-state index is -0.760. The molecule has 0 spiro atoms. The molecule has 0 bridgehead atoms. The number of unbranched alkanes of at least 4 members (excludes halogenated alkanes) is 33. The average molecular weight is 805 g/mol. The molecule has 57 heavy (non-hydrogen) atoms. The highest BCUT2D eigenvalue weighted by Crippen LogP contribution is 2.16. The summed E-state index contributed by atoms with van der Waals surface area (Å²) in [4.78, 5) is 37.6. The van der Waals surface area contributed by atoms with Crippen LogP contribution in [-0.4, -0.2) is 37.2 Å². The second kappa shape index (κ2) is 46.8. The van der Waals surface area contributed by atoms with Crippen LogP contribution in [0.2, 0.25) is 0 Å². The summed E-state index contributed by atoms with van der Waals surface area (Å²) in [7, 11) is 0. The van der Waals surface area contributed by atoms with E-state index in [-0.39, 0.29) is 31.1 Å². The van der Waals surface area contributed by atoms with Crippen molar-refractivity contribution >= 4 is 17.9 Å². The van der Waals surface area contributed by atoms with Gasteiger partial charge in [0.2, 0.25) is 0 Å². The third-order valence-electron chi connectivity index (χ3n) is 11.3. The molecule has 1 atom stereocenters. The molecule has 0 aromatic rings. The van der Waals surface area contributed by atoms with Crippen LogP contribution in [0.5, 0.6) is 0 Å². The molecular weight excluding hydrogens is 709 g/mol. The highest BCUT2D eigenvalue weighted by atomic mass is 16.6. The van der Waals surface area contributed by atoms with Gasteiger partial charge in [-0.2, -0.15) is 0 Å².